The Morgan fingerprint density at radius 3 is 2.90 bits per heavy atom. The maximum Gasteiger partial charge on any atom is 0.254 e. The van der Waals surface area contributed by atoms with Crippen LogP contribution in [-0.4, -0.2) is 42.5 Å². The minimum atomic E-state index is -0.827. The first-order valence-corrected chi connectivity index (χ1v) is 6.65. The van der Waals surface area contributed by atoms with Crippen LogP contribution < -0.4 is 5.32 Å². The maximum absolute atomic E-state index is 12.6. The molecule has 1 aliphatic rings. The van der Waals surface area contributed by atoms with Crippen molar-refractivity contribution >= 4 is 11.8 Å². The van der Waals surface area contributed by atoms with Gasteiger partial charge in [0.15, 0.2) is 0 Å². The highest BCUT2D eigenvalue weighted by Crippen LogP contribution is 2.21. The summed E-state index contributed by atoms with van der Waals surface area (Å²) in [6.45, 7) is 5.00. The van der Waals surface area contributed by atoms with E-state index in [-0.39, 0.29) is 11.8 Å². The van der Waals surface area contributed by atoms with E-state index in [1.165, 1.54) is 0 Å². The van der Waals surface area contributed by atoms with Gasteiger partial charge in [0.05, 0.1) is 6.61 Å². The Labute approximate surface area is 118 Å². The zero-order valence-electron chi connectivity index (χ0n) is 12.1. The highest BCUT2D eigenvalue weighted by atomic mass is 16.5. The second kappa shape index (κ2) is 5.63. The monoisotopic (exact) mass is 276 g/mol. The lowest BCUT2D eigenvalue weighted by Crippen LogP contribution is -2.63. The molecule has 1 aromatic carbocycles. The summed E-state index contributed by atoms with van der Waals surface area (Å²) in [7, 11) is 1.62. The molecule has 1 aliphatic heterocycles. The van der Waals surface area contributed by atoms with Gasteiger partial charge in [-0.25, -0.2) is 0 Å². The first-order chi connectivity index (χ1) is 9.46. The maximum atomic E-state index is 12.6. The van der Waals surface area contributed by atoms with E-state index in [4.69, 9.17) is 4.74 Å². The molecule has 0 unspecified atom stereocenters. The number of amides is 2. The summed E-state index contributed by atoms with van der Waals surface area (Å²) in [4.78, 5) is 26.2. The number of hydrogen-bond acceptors (Lipinski definition) is 3. The van der Waals surface area contributed by atoms with Gasteiger partial charge in [0.2, 0.25) is 5.91 Å². The number of hydrogen-bond donors (Lipinski definition) is 1. The molecule has 108 valence electrons. The fraction of sp³-hybridized carbons (Fsp3) is 0.467. The summed E-state index contributed by atoms with van der Waals surface area (Å²) in [5.74, 6) is -0.243. The van der Waals surface area contributed by atoms with Crippen LogP contribution in [-0.2, 0) is 16.1 Å². The van der Waals surface area contributed by atoms with E-state index in [2.05, 4.69) is 5.32 Å². The summed E-state index contributed by atoms with van der Waals surface area (Å²) >= 11 is 0. The van der Waals surface area contributed by atoms with Crippen molar-refractivity contribution in [3.05, 3.63) is 35.4 Å². The van der Waals surface area contributed by atoms with Crippen molar-refractivity contribution < 1.29 is 14.3 Å². The molecule has 0 spiro atoms. The number of nitrogens with zero attached hydrogens (tertiary/aromatic N) is 1. The number of rotatable bonds is 3. The Morgan fingerprint density at radius 1 is 1.45 bits per heavy atom. The number of benzene rings is 1. The zero-order chi connectivity index (χ0) is 14.8. The van der Waals surface area contributed by atoms with Gasteiger partial charge in [0.1, 0.15) is 5.54 Å². The fourth-order valence-electron chi connectivity index (χ4n) is 2.37. The number of methoxy groups -OCH3 is 1. The SMILES string of the molecule is COCc1cccc(C(=O)N2CCNC(=O)C2(C)C)c1. The van der Waals surface area contributed by atoms with Crippen LogP contribution in [0.25, 0.3) is 0 Å². The van der Waals surface area contributed by atoms with Crippen LogP contribution in [0.3, 0.4) is 0 Å². The Balaban J connectivity index is 2.26. The Morgan fingerprint density at radius 2 is 2.20 bits per heavy atom. The van der Waals surface area contributed by atoms with Gasteiger partial charge in [-0.1, -0.05) is 12.1 Å². The number of ether oxygens (including phenoxy) is 1. The number of piperazine rings is 1. The molecule has 1 fully saturated rings. The van der Waals surface area contributed by atoms with E-state index in [1.54, 1.807) is 31.9 Å². The van der Waals surface area contributed by atoms with E-state index in [0.29, 0.717) is 25.3 Å². The molecule has 0 atom stereocenters. The molecular formula is C15H20N2O3. The third kappa shape index (κ3) is 2.67. The van der Waals surface area contributed by atoms with E-state index in [9.17, 15) is 9.59 Å². The smallest absolute Gasteiger partial charge is 0.254 e. The minimum absolute atomic E-state index is 0.120. The summed E-state index contributed by atoms with van der Waals surface area (Å²) in [5.41, 5.74) is 0.701. The molecule has 1 saturated heterocycles. The summed E-state index contributed by atoms with van der Waals surface area (Å²) in [5, 5.41) is 2.79. The average Bonchev–Trinajstić information content (AvgIpc) is 2.42. The van der Waals surface area contributed by atoms with Crippen molar-refractivity contribution in [2.24, 2.45) is 0 Å². The summed E-state index contributed by atoms with van der Waals surface area (Å²) in [6.07, 6.45) is 0. The highest BCUT2D eigenvalue weighted by Gasteiger charge is 2.40. The molecule has 5 heteroatoms. The van der Waals surface area contributed by atoms with E-state index < -0.39 is 5.54 Å². The van der Waals surface area contributed by atoms with Crippen LogP contribution in [0.4, 0.5) is 0 Å². The average molecular weight is 276 g/mol. The second-order valence-corrected chi connectivity index (χ2v) is 5.41. The molecule has 5 nitrogen and oxygen atoms in total. The van der Waals surface area contributed by atoms with Crippen molar-refractivity contribution in [1.82, 2.24) is 10.2 Å². The predicted octanol–water partition coefficient (Wildman–Crippen LogP) is 1.18. The molecule has 1 N–H and O–H groups in total. The minimum Gasteiger partial charge on any atom is -0.380 e. The quantitative estimate of drug-likeness (QED) is 0.902. The Kier molecular flexibility index (Phi) is 4.09. The summed E-state index contributed by atoms with van der Waals surface area (Å²) in [6, 6.07) is 7.32. The van der Waals surface area contributed by atoms with Crippen LogP contribution >= 0.6 is 0 Å². The fourth-order valence-corrected chi connectivity index (χ4v) is 2.37. The topological polar surface area (TPSA) is 58.6 Å². The lowest BCUT2D eigenvalue weighted by Gasteiger charge is -2.41. The zero-order valence-corrected chi connectivity index (χ0v) is 12.1. The third-order valence-electron chi connectivity index (χ3n) is 3.58. The van der Waals surface area contributed by atoms with E-state index in [0.717, 1.165) is 5.56 Å². The summed E-state index contributed by atoms with van der Waals surface area (Å²) < 4.78 is 5.08. The molecule has 2 rings (SSSR count). The predicted molar refractivity (Wildman–Crippen MR) is 75.3 cm³/mol. The van der Waals surface area contributed by atoms with Gasteiger partial charge in [0, 0.05) is 25.8 Å². The normalized spacial score (nSPS) is 17.8. The second-order valence-electron chi connectivity index (χ2n) is 5.41. The van der Waals surface area contributed by atoms with Crippen molar-refractivity contribution in [3.8, 4) is 0 Å². The Hall–Kier alpha value is -1.88. The molecule has 20 heavy (non-hydrogen) atoms. The Bertz CT molecular complexity index is 526. The lowest BCUT2D eigenvalue weighted by atomic mass is 9.97. The molecule has 0 aliphatic carbocycles. The van der Waals surface area contributed by atoms with E-state index >= 15 is 0 Å². The molecule has 0 saturated carbocycles. The lowest BCUT2D eigenvalue weighted by molar-refractivity contribution is -0.133. The van der Waals surface area contributed by atoms with Crippen LogP contribution in [0.2, 0.25) is 0 Å². The number of carbonyl (C=O) groups excluding carboxylic acids is 2. The highest BCUT2D eigenvalue weighted by molar-refractivity contribution is 5.99. The molecular weight excluding hydrogens is 256 g/mol. The van der Waals surface area contributed by atoms with Gasteiger partial charge in [0.25, 0.3) is 5.91 Å². The first kappa shape index (κ1) is 14.5. The molecule has 0 bridgehead atoms. The van der Waals surface area contributed by atoms with Crippen molar-refractivity contribution in [1.29, 1.82) is 0 Å². The molecule has 0 radical (unpaired) electrons. The standard InChI is InChI=1S/C15H20N2O3/c1-15(2)14(19)16-7-8-17(15)13(18)12-6-4-5-11(9-12)10-20-3/h4-6,9H,7-8,10H2,1-3H3,(H,16,19). The third-order valence-corrected chi connectivity index (χ3v) is 3.58. The number of carbonyl (C=O) groups is 2. The van der Waals surface area contributed by atoms with Crippen LogP contribution in [0.5, 0.6) is 0 Å². The van der Waals surface area contributed by atoms with Crippen LogP contribution in [0.15, 0.2) is 24.3 Å². The van der Waals surface area contributed by atoms with Gasteiger partial charge in [-0.05, 0) is 31.5 Å². The van der Waals surface area contributed by atoms with Gasteiger partial charge in [-0.3, -0.25) is 9.59 Å². The van der Waals surface area contributed by atoms with Gasteiger partial charge < -0.3 is 15.0 Å². The van der Waals surface area contributed by atoms with Gasteiger partial charge in [-0.15, -0.1) is 0 Å². The van der Waals surface area contributed by atoms with Gasteiger partial charge >= 0.3 is 0 Å². The number of nitrogens with one attached hydrogen (secondary N) is 1. The van der Waals surface area contributed by atoms with Crippen LogP contribution in [0, 0.1) is 0 Å². The molecule has 2 amide bonds. The van der Waals surface area contributed by atoms with Crippen LogP contribution in [0.1, 0.15) is 29.8 Å². The van der Waals surface area contributed by atoms with E-state index in [1.807, 2.05) is 18.2 Å². The first-order valence-electron chi connectivity index (χ1n) is 6.65. The molecule has 0 aromatic heterocycles. The van der Waals surface area contributed by atoms with Gasteiger partial charge in [-0.2, -0.15) is 0 Å². The molecule has 1 aromatic rings. The largest absolute Gasteiger partial charge is 0.380 e. The van der Waals surface area contributed by atoms with Crippen molar-refractivity contribution in [3.63, 3.8) is 0 Å². The van der Waals surface area contributed by atoms with Crippen molar-refractivity contribution in [2.45, 2.75) is 26.0 Å². The van der Waals surface area contributed by atoms with Crippen molar-refractivity contribution in [2.75, 3.05) is 20.2 Å². The molecule has 1 heterocycles.